The van der Waals surface area contributed by atoms with Crippen LogP contribution in [0.4, 0.5) is 10.3 Å². The van der Waals surface area contributed by atoms with Crippen LogP contribution in [-0.4, -0.2) is 81.9 Å². The Labute approximate surface area is 268 Å². The van der Waals surface area contributed by atoms with Gasteiger partial charge in [-0.05, 0) is 51.3 Å². The molecule has 1 aliphatic heterocycles. The molecule has 0 saturated carbocycles. The molecule has 1 aliphatic rings. The summed E-state index contributed by atoms with van der Waals surface area (Å²) in [6, 6.07) is 8.85. The maximum absolute atomic E-state index is 15.0. The van der Waals surface area contributed by atoms with Gasteiger partial charge in [0.05, 0.1) is 26.8 Å². The van der Waals surface area contributed by atoms with Gasteiger partial charge in [-0.1, -0.05) is 6.92 Å². The monoisotopic (exact) mass is 635 g/mol. The van der Waals surface area contributed by atoms with E-state index in [1.807, 2.05) is 24.4 Å². The van der Waals surface area contributed by atoms with E-state index in [0.29, 0.717) is 59.5 Å². The number of aliphatic hydroxyl groups is 1. The number of nitrogens with zero attached hydrogens (tertiary/aromatic N) is 5. The van der Waals surface area contributed by atoms with Crippen molar-refractivity contribution < 1.29 is 28.7 Å². The first kappa shape index (κ1) is 32.7. The highest BCUT2D eigenvalue weighted by Crippen LogP contribution is 2.34. The number of anilines is 1. The van der Waals surface area contributed by atoms with Crippen LogP contribution in [0, 0.1) is 5.82 Å². The van der Waals surface area contributed by atoms with Crippen molar-refractivity contribution in [2.24, 2.45) is 5.73 Å². The van der Waals surface area contributed by atoms with Crippen LogP contribution in [0.5, 0.6) is 17.2 Å². The minimum atomic E-state index is -0.865. The highest BCUT2D eigenvalue weighted by Gasteiger charge is 2.32. The van der Waals surface area contributed by atoms with Crippen molar-refractivity contribution in [3.63, 3.8) is 0 Å². The molecule has 2 atom stereocenters. The van der Waals surface area contributed by atoms with Gasteiger partial charge in [0.2, 0.25) is 5.95 Å². The number of ether oxygens (including phenoxy) is 3. The predicted octanol–water partition coefficient (Wildman–Crippen LogP) is 2.73. The molecule has 2 aromatic heterocycles. The number of allylic oxidation sites excluding steroid dienone is 1. The minimum absolute atomic E-state index is 0.0204. The van der Waals surface area contributed by atoms with Crippen molar-refractivity contribution in [2.75, 3.05) is 39.7 Å². The third kappa shape index (κ3) is 6.94. The van der Waals surface area contributed by atoms with E-state index >= 15 is 0 Å². The van der Waals surface area contributed by atoms with Crippen LogP contribution < -0.4 is 30.3 Å². The molecule has 3 heterocycles. The van der Waals surface area contributed by atoms with Crippen LogP contribution in [0.15, 0.2) is 42.2 Å². The highest BCUT2D eigenvalue weighted by atomic mass is 19.1. The van der Waals surface area contributed by atoms with Crippen molar-refractivity contribution in [3.05, 3.63) is 59.4 Å². The number of benzene rings is 2. The van der Waals surface area contributed by atoms with Gasteiger partial charge in [0.1, 0.15) is 22.8 Å². The topological polar surface area (TPSA) is 146 Å². The van der Waals surface area contributed by atoms with Crippen LogP contribution in [0.3, 0.4) is 0 Å². The molecular weight excluding hydrogens is 591 g/mol. The molecule has 2 unspecified atom stereocenters. The molecule has 5 rings (SSSR count). The van der Waals surface area contributed by atoms with Crippen molar-refractivity contribution in [2.45, 2.75) is 64.1 Å². The molecular formula is C33H44FN8O4+. The minimum Gasteiger partial charge on any atom is -0.497 e. The van der Waals surface area contributed by atoms with E-state index in [4.69, 9.17) is 35.0 Å². The van der Waals surface area contributed by atoms with Gasteiger partial charge in [-0.3, -0.25) is 0 Å². The molecule has 46 heavy (non-hydrogen) atoms. The van der Waals surface area contributed by atoms with E-state index in [-0.39, 0.29) is 17.7 Å². The fourth-order valence-corrected chi connectivity index (χ4v) is 5.85. The average Bonchev–Trinajstić information content (AvgIpc) is 3.51. The van der Waals surface area contributed by atoms with Crippen LogP contribution >= 0.6 is 0 Å². The van der Waals surface area contributed by atoms with Crippen molar-refractivity contribution in [1.29, 1.82) is 0 Å². The molecule has 2 aromatic carbocycles. The normalized spacial score (nSPS) is 17.7. The Morgan fingerprint density at radius 3 is 2.59 bits per heavy atom. The van der Waals surface area contributed by atoms with Crippen LogP contribution in [0.2, 0.25) is 0 Å². The number of hydrogen-bond acceptors (Lipinski definition) is 10. The van der Waals surface area contributed by atoms with Crippen LogP contribution in [0.25, 0.3) is 16.6 Å². The second-order valence-corrected chi connectivity index (χ2v) is 12.1. The molecule has 0 radical (unpaired) electrons. The van der Waals surface area contributed by atoms with E-state index < -0.39 is 11.4 Å². The molecule has 13 heteroatoms. The summed E-state index contributed by atoms with van der Waals surface area (Å²) in [5.74, 6) is 2.00. The maximum Gasteiger partial charge on any atom is 0.226 e. The molecule has 1 fully saturated rings. The van der Waals surface area contributed by atoms with E-state index in [0.717, 1.165) is 30.5 Å². The van der Waals surface area contributed by atoms with E-state index in [9.17, 15) is 9.50 Å². The number of rotatable bonds is 12. The number of methoxy groups -OCH3 is 3. The molecule has 5 N–H and O–H groups in total. The zero-order valence-corrected chi connectivity index (χ0v) is 27.3. The zero-order valence-electron chi connectivity index (χ0n) is 27.3. The van der Waals surface area contributed by atoms with Crippen LogP contribution in [-0.2, 0) is 6.54 Å². The van der Waals surface area contributed by atoms with Gasteiger partial charge in [0.25, 0.3) is 0 Å². The standard InChI is InChI=1S/C33H43FN8O4/c1-7-22-10-8-21(18-41(22)23(15-35)17-36-19-33(2,3)43)30-39-31-25-13-26(34)29(46-6)14-27(25)38-32(42(31)40-30)37-16-20-9-11-24(44-4)12-28(20)45-5/h9,11-15,17,21-22,43H,7-8,10,16,18-19,35H2,1-6H3,(H,37,38)/p+1. The van der Waals surface area contributed by atoms with Gasteiger partial charge in [-0.25, -0.2) is 19.4 Å². The third-order valence-corrected chi connectivity index (χ3v) is 8.32. The summed E-state index contributed by atoms with van der Waals surface area (Å²) in [4.78, 5) is 15.3. The number of aromatic nitrogens is 4. The Hall–Kier alpha value is -4.65. The summed E-state index contributed by atoms with van der Waals surface area (Å²) >= 11 is 0. The Balaban J connectivity index is 1.53. The lowest BCUT2D eigenvalue weighted by molar-refractivity contribution is -0.473. The number of hydrogen-bond donors (Lipinski definition) is 4. The second kappa shape index (κ2) is 13.8. The quantitative estimate of drug-likeness (QED) is 0.172. The lowest BCUT2D eigenvalue weighted by Crippen LogP contribution is -2.75. The van der Waals surface area contributed by atoms with Gasteiger partial charge in [-0.15, -0.1) is 5.10 Å². The predicted molar refractivity (Wildman–Crippen MR) is 175 cm³/mol. The second-order valence-electron chi connectivity index (χ2n) is 12.1. The number of nitrogens with two attached hydrogens (primary N) is 1. The molecule has 0 bridgehead atoms. The summed E-state index contributed by atoms with van der Waals surface area (Å²) in [5, 5.41) is 19.0. The molecule has 246 valence electrons. The smallest absolute Gasteiger partial charge is 0.226 e. The molecule has 0 spiro atoms. The Morgan fingerprint density at radius 2 is 1.91 bits per heavy atom. The van der Waals surface area contributed by atoms with Gasteiger partial charge in [0, 0.05) is 54.3 Å². The molecule has 1 saturated heterocycles. The summed E-state index contributed by atoms with van der Waals surface area (Å²) in [5.41, 5.74) is 7.97. The molecule has 12 nitrogen and oxygen atoms in total. The van der Waals surface area contributed by atoms with Crippen molar-refractivity contribution in [3.8, 4) is 17.2 Å². The third-order valence-electron chi connectivity index (χ3n) is 8.32. The molecule has 4 aromatic rings. The van der Waals surface area contributed by atoms with Gasteiger partial charge >= 0.3 is 0 Å². The summed E-state index contributed by atoms with van der Waals surface area (Å²) < 4.78 is 32.8. The average molecular weight is 636 g/mol. The van der Waals surface area contributed by atoms with Gasteiger partial charge < -0.3 is 35.3 Å². The van der Waals surface area contributed by atoms with Gasteiger partial charge in [-0.2, -0.15) is 4.52 Å². The first-order valence-electron chi connectivity index (χ1n) is 15.4. The lowest BCUT2D eigenvalue weighted by atomic mass is 9.90. The zero-order chi connectivity index (χ0) is 33.0. The van der Waals surface area contributed by atoms with Gasteiger partial charge in [0.15, 0.2) is 35.8 Å². The Kier molecular flexibility index (Phi) is 9.80. The Bertz CT molecular complexity index is 1750. The lowest BCUT2D eigenvalue weighted by Gasteiger charge is -2.39. The number of nitrogens with one attached hydrogen (secondary N) is 2. The molecule has 0 amide bonds. The SMILES string of the molecule is CCC1CCC(c2nc3c4cc(F)c(OC)cc4nc(NCc4ccc(OC)cc4OC)n3n2)CN1C(C=[NH+]CC(C)(C)O)=CN. The fourth-order valence-electron chi connectivity index (χ4n) is 5.85. The summed E-state index contributed by atoms with van der Waals surface area (Å²) in [7, 11) is 4.64. The first-order valence-corrected chi connectivity index (χ1v) is 15.4. The largest absolute Gasteiger partial charge is 0.497 e. The van der Waals surface area contributed by atoms with Crippen molar-refractivity contribution >= 4 is 28.7 Å². The fraction of sp³-hybridized carbons (Fsp3) is 0.455. The van der Waals surface area contributed by atoms with Crippen LogP contribution in [0.1, 0.15) is 57.3 Å². The van der Waals surface area contributed by atoms with Crippen molar-refractivity contribution in [1.82, 2.24) is 24.5 Å². The summed E-state index contributed by atoms with van der Waals surface area (Å²) in [6.07, 6.45) is 6.17. The highest BCUT2D eigenvalue weighted by molar-refractivity contribution is 5.93. The first-order chi connectivity index (χ1) is 22.1. The number of piperidine rings is 1. The number of halogens is 1. The number of fused-ring (bicyclic) bond motifs is 3. The molecule has 0 aliphatic carbocycles. The van der Waals surface area contributed by atoms with E-state index in [2.05, 4.69) is 22.1 Å². The number of likely N-dealkylation sites (tertiary alicyclic amines) is 1. The van der Waals surface area contributed by atoms with E-state index in [1.165, 1.54) is 13.2 Å². The summed E-state index contributed by atoms with van der Waals surface area (Å²) in [6.45, 7) is 7.05. The van der Waals surface area contributed by atoms with E-state index in [1.54, 1.807) is 44.8 Å². The maximum atomic E-state index is 15.0. The Morgan fingerprint density at radius 1 is 1.13 bits per heavy atom.